The van der Waals surface area contributed by atoms with E-state index in [0.717, 1.165) is 5.56 Å². The van der Waals surface area contributed by atoms with E-state index in [1.54, 1.807) is 12.1 Å². The van der Waals surface area contributed by atoms with Crippen molar-refractivity contribution in [2.24, 2.45) is 0 Å². The summed E-state index contributed by atoms with van der Waals surface area (Å²) < 4.78 is 5.30. The maximum Gasteiger partial charge on any atom is 0.339 e. The van der Waals surface area contributed by atoms with Crippen molar-refractivity contribution >= 4 is 5.97 Å². The van der Waals surface area contributed by atoms with E-state index in [0.29, 0.717) is 12.2 Å². The molecule has 0 saturated heterocycles. The van der Waals surface area contributed by atoms with Crippen molar-refractivity contribution in [1.29, 1.82) is 0 Å². The fourth-order valence-electron chi connectivity index (χ4n) is 1.23. The summed E-state index contributed by atoms with van der Waals surface area (Å²) >= 11 is 0. The SMILES string of the molecule is CCC(O)COc1cc(C)ccc1C(=O)O. The van der Waals surface area contributed by atoms with Gasteiger partial charge in [0.1, 0.15) is 17.9 Å². The normalized spacial score (nSPS) is 12.2. The molecular weight excluding hydrogens is 208 g/mol. The van der Waals surface area contributed by atoms with Gasteiger partial charge in [-0.25, -0.2) is 4.79 Å². The van der Waals surface area contributed by atoms with Crippen molar-refractivity contribution in [3.05, 3.63) is 29.3 Å². The van der Waals surface area contributed by atoms with Crippen LogP contribution in [0.3, 0.4) is 0 Å². The largest absolute Gasteiger partial charge is 0.490 e. The quantitative estimate of drug-likeness (QED) is 0.800. The fraction of sp³-hybridized carbons (Fsp3) is 0.417. The van der Waals surface area contributed by atoms with Gasteiger partial charge in [-0.2, -0.15) is 0 Å². The van der Waals surface area contributed by atoms with Gasteiger partial charge in [-0.3, -0.25) is 0 Å². The molecular formula is C12H16O4. The van der Waals surface area contributed by atoms with Gasteiger partial charge in [0, 0.05) is 0 Å². The number of rotatable bonds is 5. The molecule has 1 rings (SSSR count). The number of hydrogen-bond donors (Lipinski definition) is 2. The molecule has 0 aromatic heterocycles. The predicted octanol–water partition coefficient (Wildman–Crippen LogP) is 1.84. The molecule has 0 aliphatic carbocycles. The standard InChI is InChI=1S/C12H16O4/c1-3-9(13)7-16-11-6-8(2)4-5-10(11)12(14)15/h4-6,9,13H,3,7H2,1-2H3,(H,14,15). The minimum absolute atomic E-state index is 0.111. The number of carboxylic acid groups (broad SMARTS) is 1. The van der Waals surface area contributed by atoms with Crippen LogP contribution >= 0.6 is 0 Å². The van der Waals surface area contributed by atoms with Crippen LogP contribution in [0.15, 0.2) is 18.2 Å². The maximum absolute atomic E-state index is 10.9. The van der Waals surface area contributed by atoms with Gasteiger partial charge >= 0.3 is 5.97 Å². The molecule has 0 bridgehead atoms. The molecule has 0 radical (unpaired) electrons. The monoisotopic (exact) mass is 224 g/mol. The summed E-state index contributed by atoms with van der Waals surface area (Å²) in [4.78, 5) is 10.9. The molecule has 4 nitrogen and oxygen atoms in total. The Balaban J connectivity index is 2.84. The molecule has 1 unspecified atom stereocenters. The Morgan fingerprint density at radius 1 is 1.50 bits per heavy atom. The molecule has 2 N–H and O–H groups in total. The Hall–Kier alpha value is -1.55. The highest BCUT2D eigenvalue weighted by Gasteiger charge is 2.12. The molecule has 0 heterocycles. The highest BCUT2D eigenvalue weighted by Crippen LogP contribution is 2.20. The van der Waals surface area contributed by atoms with Crippen molar-refractivity contribution in [3.8, 4) is 5.75 Å². The first-order chi connectivity index (χ1) is 7.54. The molecule has 1 atom stereocenters. The summed E-state index contributed by atoms with van der Waals surface area (Å²) in [5, 5.41) is 18.3. The Labute approximate surface area is 94.5 Å². The third-order valence-electron chi connectivity index (χ3n) is 2.27. The van der Waals surface area contributed by atoms with Crippen molar-refractivity contribution in [1.82, 2.24) is 0 Å². The van der Waals surface area contributed by atoms with Gasteiger partial charge in [-0.15, -0.1) is 0 Å². The summed E-state index contributed by atoms with van der Waals surface area (Å²) in [6, 6.07) is 4.88. The van der Waals surface area contributed by atoms with E-state index < -0.39 is 12.1 Å². The summed E-state index contributed by atoms with van der Waals surface area (Å²) in [6.45, 7) is 3.80. The summed E-state index contributed by atoms with van der Waals surface area (Å²) in [5.41, 5.74) is 1.04. The number of carboxylic acids is 1. The lowest BCUT2D eigenvalue weighted by Gasteiger charge is -2.12. The molecule has 88 valence electrons. The second-order valence-corrected chi connectivity index (χ2v) is 3.68. The van der Waals surface area contributed by atoms with Gasteiger partial charge in [-0.05, 0) is 31.0 Å². The first-order valence-corrected chi connectivity index (χ1v) is 5.19. The highest BCUT2D eigenvalue weighted by atomic mass is 16.5. The number of aliphatic hydroxyl groups is 1. The van der Waals surface area contributed by atoms with Crippen molar-refractivity contribution < 1.29 is 19.7 Å². The third kappa shape index (κ3) is 3.24. The van der Waals surface area contributed by atoms with Crippen molar-refractivity contribution in [2.45, 2.75) is 26.4 Å². The van der Waals surface area contributed by atoms with Gasteiger partial charge in [0.2, 0.25) is 0 Å². The minimum atomic E-state index is -1.03. The number of ether oxygens (including phenoxy) is 1. The zero-order valence-electron chi connectivity index (χ0n) is 9.43. The van der Waals surface area contributed by atoms with Gasteiger partial charge in [-0.1, -0.05) is 13.0 Å². The zero-order valence-corrected chi connectivity index (χ0v) is 9.43. The van der Waals surface area contributed by atoms with Crippen LogP contribution in [0.5, 0.6) is 5.75 Å². The van der Waals surface area contributed by atoms with Crippen LogP contribution in [0.4, 0.5) is 0 Å². The first-order valence-electron chi connectivity index (χ1n) is 5.19. The number of carbonyl (C=O) groups is 1. The van der Waals surface area contributed by atoms with Crippen LogP contribution in [-0.4, -0.2) is 28.9 Å². The fourth-order valence-corrected chi connectivity index (χ4v) is 1.23. The number of hydrogen-bond acceptors (Lipinski definition) is 3. The van der Waals surface area contributed by atoms with Crippen LogP contribution in [0.1, 0.15) is 29.3 Å². The smallest absolute Gasteiger partial charge is 0.339 e. The Bertz CT molecular complexity index is 373. The number of aliphatic hydroxyl groups excluding tert-OH is 1. The Kier molecular flexibility index (Phi) is 4.31. The van der Waals surface area contributed by atoms with E-state index in [4.69, 9.17) is 9.84 Å². The van der Waals surface area contributed by atoms with Gasteiger partial charge < -0.3 is 14.9 Å². The van der Waals surface area contributed by atoms with E-state index in [1.165, 1.54) is 6.07 Å². The molecule has 0 aliphatic heterocycles. The van der Waals surface area contributed by atoms with Crippen molar-refractivity contribution in [3.63, 3.8) is 0 Å². The minimum Gasteiger partial charge on any atom is -0.490 e. The van der Waals surface area contributed by atoms with E-state index >= 15 is 0 Å². The van der Waals surface area contributed by atoms with Crippen LogP contribution in [-0.2, 0) is 0 Å². The Morgan fingerprint density at radius 3 is 2.75 bits per heavy atom. The molecule has 1 aromatic rings. The van der Waals surface area contributed by atoms with Gasteiger partial charge in [0.15, 0.2) is 0 Å². The number of benzene rings is 1. The molecule has 16 heavy (non-hydrogen) atoms. The second kappa shape index (κ2) is 5.51. The lowest BCUT2D eigenvalue weighted by atomic mass is 10.1. The summed E-state index contributed by atoms with van der Waals surface area (Å²) in [6.07, 6.45) is 0.0102. The van der Waals surface area contributed by atoms with E-state index in [9.17, 15) is 9.90 Å². The molecule has 0 amide bonds. The lowest BCUT2D eigenvalue weighted by Crippen LogP contribution is -2.17. The molecule has 1 aromatic carbocycles. The molecule has 0 saturated carbocycles. The lowest BCUT2D eigenvalue weighted by molar-refractivity contribution is 0.0682. The number of aryl methyl sites for hydroxylation is 1. The molecule has 0 aliphatic rings. The molecule has 0 fully saturated rings. The third-order valence-corrected chi connectivity index (χ3v) is 2.27. The van der Waals surface area contributed by atoms with Gasteiger partial charge in [0.25, 0.3) is 0 Å². The Morgan fingerprint density at radius 2 is 2.19 bits per heavy atom. The average Bonchev–Trinajstić information content (AvgIpc) is 2.25. The van der Waals surface area contributed by atoms with Crippen LogP contribution in [0.2, 0.25) is 0 Å². The van der Waals surface area contributed by atoms with Crippen LogP contribution < -0.4 is 4.74 Å². The second-order valence-electron chi connectivity index (χ2n) is 3.68. The molecule has 0 spiro atoms. The van der Waals surface area contributed by atoms with E-state index in [-0.39, 0.29) is 12.2 Å². The first kappa shape index (κ1) is 12.5. The van der Waals surface area contributed by atoms with Gasteiger partial charge in [0.05, 0.1) is 6.10 Å². The topological polar surface area (TPSA) is 66.8 Å². The van der Waals surface area contributed by atoms with E-state index in [1.807, 2.05) is 13.8 Å². The van der Waals surface area contributed by atoms with Crippen LogP contribution in [0, 0.1) is 6.92 Å². The molecule has 4 heteroatoms. The average molecular weight is 224 g/mol. The highest BCUT2D eigenvalue weighted by molar-refractivity contribution is 5.90. The summed E-state index contributed by atoms with van der Waals surface area (Å²) in [7, 11) is 0. The van der Waals surface area contributed by atoms with Crippen LogP contribution in [0.25, 0.3) is 0 Å². The number of aromatic carboxylic acids is 1. The zero-order chi connectivity index (χ0) is 12.1. The van der Waals surface area contributed by atoms with Crippen molar-refractivity contribution in [2.75, 3.05) is 6.61 Å². The van der Waals surface area contributed by atoms with E-state index in [2.05, 4.69) is 0 Å². The maximum atomic E-state index is 10.9. The predicted molar refractivity (Wildman–Crippen MR) is 59.9 cm³/mol. The summed E-state index contributed by atoms with van der Waals surface area (Å²) in [5.74, 6) is -0.721.